The largest absolute Gasteiger partial charge is 0.278 e. The third-order valence-corrected chi connectivity index (χ3v) is 12.2. The van der Waals surface area contributed by atoms with Gasteiger partial charge in [0.2, 0.25) is 5.95 Å². The second kappa shape index (κ2) is 11.3. The van der Waals surface area contributed by atoms with Crippen LogP contribution in [0.3, 0.4) is 0 Å². The lowest BCUT2D eigenvalue weighted by atomic mass is 9.81. The van der Waals surface area contributed by atoms with Gasteiger partial charge in [0, 0.05) is 47.5 Å². The van der Waals surface area contributed by atoms with E-state index in [0.717, 1.165) is 32.9 Å². The van der Waals surface area contributed by atoms with Gasteiger partial charge in [-0.15, -0.1) is 11.3 Å². The summed E-state index contributed by atoms with van der Waals surface area (Å²) >= 11 is 1.80. The summed E-state index contributed by atoms with van der Waals surface area (Å²) in [5, 5.41) is 4.72. The molecule has 0 N–H and O–H groups in total. The SMILES string of the molecule is CC1(C)c2ccccc2-c2ccc(-c3ccc4c(c3)c3ccccc3n4-c3nc(-c4ccccc4)nc(-c4cccc5sc6ccccc6c45)n3)cc21. The van der Waals surface area contributed by atoms with Crippen LogP contribution in [0, 0.1) is 0 Å². The van der Waals surface area contributed by atoms with Gasteiger partial charge in [0.1, 0.15) is 0 Å². The third kappa shape index (κ3) is 4.51. The lowest BCUT2D eigenvalue weighted by Crippen LogP contribution is -2.14. The van der Waals surface area contributed by atoms with E-state index in [1.165, 1.54) is 53.6 Å². The molecule has 1 aliphatic rings. The first-order valence-electron chi connectivity index (χ1n) is 18.0. The molecule has 7 aromatic carbocycles. The van der Waals surface area contributed by atoms with Crippen molar-refractivity contribution in [2.75, 3.05) is 0 Å². The topological polar surface area (TPSA) is 43.6 Å². The second-order valence-electron chi connectivity index (χ2n) is 14.4. The van der Waals surface area contributed by atoms with Gasteiger partial charge >= 0.3 is 0 Å². The zero-order valence-corrected chi connectivity index (χ0v) is 30.0. The Labute approximate surface area is 310 Å². The van der Waals surface area contributed by atoms with Crippen LogP contribution in [0.5, 0.6) is 0 Å². The number of para-hydroxylation sites is 1. The van der Waals surface area contributed by atoms with Crippen LogP contribution in [0.1, 0.15) is 25.0 Å². The number of rotatable bonds is 4. The van der Waals surface area contributed by atoms with Crippen molar-refractivity contribution in [1.29, 1.82) is 0 Å². The molecule has 0 saturated carbocycles. The molecule has 5 heteroatoms. The Balaban J connectivity index is 1.13. The zero-order valence-electron chi connectivity index (χ0n) is 29.2. The van der Waals surface area contributed by atoms with Gasteiger partial charge in [-0.25, -0.2) is 4.98 Å². The molecule has 1 aliphatic carbocycles. The lowest BCUT2D eigenvalue weighted by molar-refractivity contribution is 0.660. The molecule has 250 valence electrons. The van der Waals surface area contributed by atoms with Crippen LogP contribution >= 0.6 is 11.3 Å². The summed E-state index contributed by atoms with van der Waals surface area (Å²) in [5.41, 5.74) is 11.8. The number of fused-ring (bicyclic) bond motifs is 9. The molecule has 3 heterocycles. The Morgan fingerprint density at radius 1 is 0.453 bits per heavy atom. The molecule has 0 atom stereocenters. The summed E-state index contributed by atoms with van der Waals surface area (Å²) in [6, 6.07) is 56.5. The van der Waals surface area contributed by atoms with Crippen LogP contribution in [0.2, 0.25) is 0 Å². The first-order chi connectivity index (χ1) is 26.0. The average molecular weight is 697 g/mol. The molecular weight excluding hydrogens is 665 g/mol. The first-order valence-corrected chi connectivity index (χ1v) is 18.9. The Kier molecular flexibility index (Phi) is 6.43. The number of aromatic nitrogens is 4. The average Bonchev–Trinajstić information content (AvgIpc) is 3.83. The highest BCUT2D eigenvalue weighted by atomic mass is 32.1. The van der Waals surface area contributed by atoms with Crippen LogP contribution in [-0.4, -0.2) is 19.5 Å². The fourth-order valence-corrected chi connectivity index (χ4v) is 9.65. The zero-order chi connectivity index (χ0) is 35.3. The van der Waals surface area contributed by atoms with Crippen molar-refractivity contribution in [1.82, 2.24) is 19.5 Å². The molecular formula is C48H32N4S. The molecule has 0 saturated heterocycles. The number of benzene rings is 7. The number of hydrogen-bond donors (Lipinski definition) is 0. The third-order valence-electron chi connectivity index (χ3n) is 11.1. The quantitative estimate of drug-likeness (QED) is 0.184. The minimum Gasteiger partial charge on any atom is -0.278 e. The van der Waals surface area contributed by atoms with Crippen LogP contribution in [0.4, 0.5) is 0 Å². The summed E-state index contributed by atoms with van der Waals surface area (Å²) in [6.45, 7) is 4.68. The number of thiophene rings is 1. The second-order valence-corrected chi connectivity index (χ2v) is 15.5. The maximum atomic E-state index is 5.31. The summed E-state index contributed by atoms with van der Waals surface area (Å²) in [5.74, 6) is 1.90. The molecule has 3 aromatic heterocycles. The Hall–Kier alpha value is -6.43. The van der Waals surface area contributed by atoms with Crippen LogP contribution < -0.4 is 0 Å². The molecule has 0 aliphatic heterocycles. The van der Waals surface area contributed by atoms with E-state index >= 15 is 0 Å². The molecule has 0 amide bonds. The molecule has 0 radical (unpaired) electrons. The van der Waals surface area contributed by atoms with E-state index in [9.17, 15) is 0 Å². The van der Waals surface area contributed by atoms with Gasteiger partial charge in [-0.3, -0.25) is 4.57 Å². The fraction of sp³-hybridized carbons (Fsp3) is 0.0625. The highest BCUT2D eigenvalue weighted by Gasteiger charge is 2.35. The van der Waals surface area contributed by atoms with Gasteiger partial charge < -0.3 is 0 Å². The monoisotopic (exact) mass is 696 g/mol. The van der Waals surface area contributed by atoms with Crippen molar-refractivity contribution in [2.24, 2.45) is 0 Å². The maximum Gasteiger partial charge on any atom is 0.238 e. The lowest BCUT2D eigenvalue weighted by Gasteiger charge is -2.22. The fourth-order valence-electron chi connectivity index (χ4n) is 8.51. The van der Waals surface area contributed by atoms with Crippen LogP contribution in [0.25, 0.3) is 93.0 Å². The van der Waals surface area contributed by atoms with E-state index < -0.39 is 0 Å². The summed E-state index contributed by atoms with van der Waals surface area (Å²) in [6.07, 6.45) is 0. The van der Waals surface area contributed by atoms with Gasteiger partial charge in [-0.05, 0) is 69.8 Å². The van der Waals surface area contributed by atoms with E-state index in [1.807, 2.05) is 18.2 Å². The standard InChI is InChI=1S/C48H32N4S/c1-48(2)38-19-9-6-15-32(38)33-25-23-31(28-39(33)48)30-24-26-41-37(27-30)34-16-7-10-20-40(34)52(41)47-50-45(29-13-4-3-5-14-29)49-46(51-47)36-18-12-22-43-44(36)35-17-8-11-21-42(35)53-43/h3-28H,1-2H3. The molecule has 0 bridgehead atoms. The van der Waals surface area contributed by atoms with E-state index in [0.29, 0.717) is 17.6 Å². The van der Waals surface area contributed by atoms with Gasteiger partial charge in [0.25, 0.3) is 0 Å². The molecule has 0 spiro atoms. The van der Waals surface area contributed by atoms with E-state index in [2.05, 4.69) is 158 Å². The smallest absolute Gasteiger partial charge is 0.238 e. The molecule has 0 unspecified atom stereocenters. The summed E-state index contributed by atoms with van der Waals surface area (Å²) in [4.78, 5) is 15.7. The van der Waals surface area contributed by atoms with E-state index in [-0.39, 0.29) is 5.41 Å². The Bertz CT molecular complexity index is 3100. The molecule has 0 fully saturated rings. The van der Waals surface area contributed by atoms with E-state index in [1.54, 1.807) is 11.3 Å². The van der Waals surface area contributed by atoms with E-state index in [4.69, 9.17) is 15.0 Å². The molecule has 4 nitrogen and oxygen atoms in total. The van der Waals surface area contributed by atoms with Crippen molar-refractivity contribution in [3.8, 4) is 51.0 Å². The maximum absolute atomic E-state index is 5.31. The normalized spacial score (nSPS) is 13.2. The summed E-state index contributed by atoms with van der Waals surface area (Å²) < 4.78 is 4.68. The minimum absolute atomic E-state index is 0.0610. The van der Waals surface area contributed by atoms with Crippen LogP contribution in [0.15, 0.2) is 158 Å². The van der Waals surface area contributed by atoms with Gasteiger partial charge in [0.05, 0.1) is 11.0 Å². The van der Waals surface area contributed by atoms with Crippen LogP contribution in [-0.2, 0) is 5.41 Å². The van der Waals surface area contributed by atoms with Gasteiger partial charge in [0.15, 0.2) is 11.6 Å². The number of hydrogen-bond acceptors (Lipinski definition) is 4. The minimum atomic E-state index is -0.0610. The Morgan fingerprint density at radius 3 is 2.02 bits per heavy atom. The molecule has 53 heavy (non-hydrogen) atoms. The molecule has 10 aromatic rings. The predicted octanol–water partition coefficient (Wildman–Crippen LogP) is 12.6. The highest BCUT2D eigenvalue weighted by molar-refractivity contribution is 7.25. The molecule has 11 rings (SSSR count). The number of nitrogens with zero attached hydrogens (tertiary/aromatic N) is 4. The van der Waals surface area contributed by atoms with Crippen molar-refractivity contribution < 1.29 is 0 Å². The highest BCUT2D eigenvalue weighted by Crippen LogP contribution is 2.50. The Morgan fingerprint density at radius 2 is 1.11 bits per heavy atom. The first kappa shape index (κ1) is 30.2. The van der Waals surface area contributed by atoms with Crippen molar-refractivity contribution in [3.05, 3.63) is 169 Å². The van der Waals surface area contributed by atoms with Crippen molar-refractivity contribution in [2.45, 2.75) is 19.3 Å². The predicted molar refractivity (Wildman–Crippen MR) is 221 cm³/mol. The van der Waals surface area contributed by atoms with Gasteiger partial charge in [-0.2, -0.15) is 9.97 Å². The van der Waals surface area contributed by atoms with Crippen molar-refractivity contribution >= 4 is 53.3 Å². The van der Waals surface area contributed by atoms with Gasteiger partial charge in [-0.1, -0.05) is 135 Å². The summed E-state index contributed by atoms with van der Waals surface area (Å²) in [7, 11) is 0. The van der Waals surface area contributed by atoms with Crippen molar-refractivity contribution in [3.63, 3.8) is 0 Å².